The number of rotatable bonds is 2. The maximum Gasteiger partial charge on any atom is 0.302 e. The number of allylic oxidation sites excluding steroid dienone is 2. The van der Waals surface area contributed by atoms with Crippen LogP contribution in [0.3, 0.4) is 0 Å². The molecular weight excluding hydrogens is 188 g/mol. The summed E-state index contributed by atoms with van der Waals surface area (Å²) in [6.07, 6.45) is 3.68. The van der Waals surface area contributed by atoms with Crippen LogP contribution in [0.25, 0.3) is 0 Å². The maximum atomic E-state index is 10.9. The molecule has 0 spiro atoms. The zero-order valence-electron chi connectivity index (χ0n) is 10.1. The predicted octanol–water partition coefficient (Wildman–Crippen LogP) is 3.24. The molecule has 1 atom stereocenters. The summed E-state index contributed by atoms with van der Waals surface area (Å²) in [4.78, 5) is 10.9. The van der Waals surface area contributed by atoms with E-state index in [1.54, 1.807) is 0 Å². The molecule has 2 nitrogen and oxygen atoms in total. The van der Waals surface area contributed by atoms with Gasteiger partial charge in [0.05, 0.1) is 0 Å². The summed E-state index contributed by atoms with van der Waals surface area (Å²) < 4.78 is 5.28. The highest BCUT2D eigenvalue weighted by Gasteiger charge is 2.33. The van der Waals surface area contributed by atoms with Gasteiger partial charge in [0.15, 0.2) is 0 Å². The van der Waals surface area contributed by atoms with Crippen LogP contribution in [0.15, 0.2) is 23.8 Å². The summed E-state index contributed by atoms with van der Waals surface area (Å²) in [5.74, 6) is -0.189. The second kappa shape index (κ2) is 4.21. The summed E-state index contributed by atoms with van der Waals surface area (Å²) in [6, 6.07) is 0. The lowest BCUT2D eigenvalue weighted by Gasteiger charge is -2.37. The number of ether oxygens (including phenoxy) is 1. The van der Waals surface area contributed by atoms with Gasteiger partial charge in [0, 0.05) is 13.3 Å². The van der Waals surface area contributed by atoms with Crippen LogP contribution in [0.1, 0.15) is 40.5 Å². The van der Waals surface area contributed by atoms with E-state index in [9.17, 15) is 4.79 Å². The van der Waals surface area contributed by atoms with Gasteiger partial charge in [-0.05, 0) is 24.3 Å². The van der Waals surface area contributed by atoms with Crippen LogP contribution in [0.2, 0.25) is 0 Å². The fourth-order valence-electron chi connectivity index (χ4n) is 2.55. The highest BCUT2D eigenvalue weighted by molar-refractivity contribution is 5.66. The fraction of sp³-hybridized carbons (Fsp3) is 0.615. The van der Waals surface area contributed by atoms with E-state index in [1.807, 2.05) is 6.08 Å². The van der Waals surface area contributed by atoms with Gasteiger partial charge in [-0.25, -0.2) is 0 Å². The summed E-state index contributed by atoms with van der Waals surface area (Å²) in [6.45, 7) is 11.7. The third kappa shape index (κ3) is 2.71. The lowest BCUT2D eigenvalue weighted by molar-refractivity contribution is -0.147. The van der Waals surface area contributed by atoms with Gasteiger partial charge >= 0.3 is 5.97 Å². The van der Waals surface area contributed by atoms with Crippen molar-refractivity contribution in [1.82, 2.24) is 0 Å². The van der Waals surface area contributed by atoms with E-state index in [-0.39, 0.29) is 17.5 Å². The third-order valence-electron chi connectivity index (χ3n) is 3.00. The van der Waals surface area contributed by atoms with Crippen molar-refractivity contribution >= 4 is 5.97 Å². The predicted molar refractivity (Wildman–Crippen MR) is 61.5 cm³/mol. The first-order valence-electron chi connectivity index (χ1n) is 5.36. The molecule has 1 aliphatic carbocycles. The van der Waals surface area contributed by atoms with Crippen LogP contribution in [0, 0.1) is 5.41 Å². The number of carbonyl (C=O) groups is 1. The first-order valence-corrected chi connectivity index (χ1v) is 5.36. The lowest BCUT2D eigenvalue weighted by Crippen LogP contribution is -2.31. The first kappa shape index (κ1) is 12.0. The highest BCUT2D eigenvalue weighted by atomic mass is 16.5. The summed E-state index contributed by atoms with van der Waals surface area (Å²) >= 11 is 0. The van der Waals surface area contributed by atoms with Crippen molar-refractivity contribution in [2.75, 3.05) is 0 Å². The average Bonchev–Trinajstić information content (AvgIpc) is 1.99. The Kier molecular flexibility index (Phi) is 3.38. The van der Waals surface area contributed by atoms with Gasteiger partial charge in [-0.3, -0.25) is 4.79 Å². The average molecular weight is 208 g/mol. The molecule has 0 aromatic rings. The number of hydrogen-bond donors (Lipinski definition) is 0. The zero-order valence-corrected chi connectivity index (χ0v) is 10.1. The molecule has 0 amide bonds. The minimum Gasteiger partial charge on any atom is -0.462 e. The minimum absolute atomic E-state index is 0.0289. The highest BCUT2D eigenvalue weighted by Crippen LogP contribution is 2.41. The maximum absolute atomic E-state index is 10.9. The van der Waals surface area contributed by atoms with E-state index in [2.05, 4.69) is 27.4 Å². The van der Waals surface area contributed by atoms with E-state index in [4.69, 9.17) is 4.74 Å². The number of carbonyl (C=O) groups excluding carboxylic acids is 1. The Morgan fingerprint density at radius 3 is 2.60 bits per heavy atom. The number of hydrogen-bond acceptors (Lipinski definition) is 2. The van der Waals surface area contributed by atoms with E-state index < -0.39 is 0 Å². The SMILES string of the molecule is C=CC1=C(C)C[C@@H](OC(C)=O)CC1(C)C. The monoisotopic (exact) mass is 208 g/mol. The van der Waals surface area contributed by atoms with Crippen LogP contribution in [-0.2, 0) is 9.53 Å². The van der Waals surface area contributed by atoms with Crippen molar-refractivity contribution in [2.45, 2.75) is 46.6 Å². The Morgan fingerprint density at radius 2 is 2.20 bits per heavy atom. The molecule has 0 saturated carbocycles. The van der Waals surface area contributed by atoms with Crippen molar-refractivity contribution in [2.24, 2.45) is 5.41 Å². The topological polar surface area (TPSA) is 26.3 Å². The molecule has 0 bridgehead atoms. The molecule has 1 aliphatic rings. The molecule has 0 fully saturated rings. The van der Waals surface area contributed by atoms with Crippen LogP contribution in [0.4, 0.5) is 0 Å². The van der Waals surface area contributed by atoms with Crippen molar-refractivity contribution in [1.29, 1.82) is 0 Å². The van der Waals surface area contributed by atoms with Gasteiger partial charge in [0.25, 0.3) is 0 Å². The standard InChI is InChI=1S/C13H20O2/c1-6-12-9(2)7-11(15-10(3)14)8-13(12,4)5/h6,11H,1,7-8H2,2-5H3/t11-/m1/s1. The quantitative estimate of drug-likeness (QED) is 0.651. The molecule has 0 heterocycles. The molecule has 1 rings (SSSR count). The molecule has 0 aliphatic heterocycles. The van der Waals surface area contributed by atoms with Crippen LogP contribution in [0.5, 0.6) is 0 Å². The van der Waals surface area contributed by atoms with Crippen molar-refractivity contribution in [3.05, 3.63) is 23.8 Å². The van der Waals surface area contributed by atoms with Gasteiger partial charge < -0.3 is 4.74 Å². The third-order valence-corrected chi connectivity index (χ3v) is 3.00. The molecule has 0 aromatic heterocycles. The van der Waals surface area contributed by atoms with Crippen LogP contribution in [-0.4, -0.2) is 12.1 Å². The van der Waals surface area contributed by atoms with E-state index in [0.29, 0.717) is 0 Å². The summed E-state index contributed by atoms with van der Waals surface area (Å²) in [5, 5.41) is 0. The molecule has 0 saturated heterocycles. The molecule has 15 heavy (non-hydrogen) atoms. The van der Waals surface area contributed by atoms with Gasteiger partial charge in [-0.15, -0.1) is 0 Å². The van der Waals surface area contributed by atoms with Crippen LogP contribution < -0.4 is 0 Å². The van der Waals surface area contributed by atoms with Gasteiger partial charge in [0.2, 0.25) is 0 Å². The largest absolute Gasteiger partial charge is 0.462 e. The zero-order chi connectivity index (χ0) is 11.6. The lowest BCUT2D eigenvalue weighted by atomic mass is 9.71. The molecule has 84 valence electrons. The van der Waals surface area contributed by atoms with E-state index >= 15 is 0 Å². The molecule has 0 aromatic carbocycles. The smallest absolute Gasteiger partial charge is 0.302 e. The first-order chi connectivity index (χ1) is 6.86. The van der Waals surface area contributed by atoms with Gasteiger partial charge in [-0.1, -0.05) is 32.1 Å². The van der Waals surface area contributed by atoms with E-state index in [1.165, 1.54) is 18.1 Å². The van der Waals surface area contributed by atoms with Crippen molar-refractivity contribution in [3.63, 3.8) is 0 Å². The Bertz CT molecular complexity index is 310. The van der Waals surface area contributed by atoms with Crippen molar-refractivity contribution in [3.8, 4) is 0 Å². The van der Waals surface area contributed by atoms with Gasteiger partial charge in [0.1, 0.15) is 6.10 Å². The van der Waals surface area contributed by atoms with Crippen molar-refractivity contribution < 1.29 is 9.53 Å². The molecule has 0 radical (unpaired) electrons. The molecule has 0 N–H and O–H groups in total. The number of esters is 1. The molecule has 0 unspecified atom stereocenters. The Labute approximate surface area is 92.0 Å². The second-order valence-corrected chi connectivity index (χ2v) is 4.92. The Morgan fingerprint density at radius 1 is 1.60 bits per heavy atom. The molecular formula is C13H20O2. The fourth-order valence-corrected chi connectivity index (χ4v) is 2.55. The minimum atomic E-state index is -0.189. The normalized spacial score (nSPS) is 24.9. The summed E-state index contributed by atoms with van der Waals surface area (Å²) in [7, 11) is 0. The van der Waals surface area contributed by atoms with E-state index in [0.717, 1.165) is 12.8 Å². The van der Waals surface area contributed by atoms with Crippen LogP contribution >= 0.6 is 0 Å². The summed E-state index contributed by atoms with van der Waals surface area (Å²) in [5.41, 5.74) is 2.64. The molecule has 2 heteroatoms. The Balaban J connectivity index is 2.89. The second-order valence-electron chi connectivity index (χ2n) is 4.92. The Hall–Kier alpha value is -1.05. The van der Waals surface area contributed by atoms with Gasteiger partial charge in [-0.2, -0.15) is 0 Å².